The Kier molecular flexibility index (Phi) is 4.61. The minimum absolute atomic E-state index is 0.114. The van der Waals surface area contributed by atoms with Crippen molar-refractivity contribution in [2.24, 2.45) is 0 Å². The molecular weight excluding hydrogens is 290 g/mol. The lowest BCUT2D eigenvalue weighted by Crippen LogP contribution is -2.37. The van der Waals surface area contributed by atoms with Gasteiger partial charge in [-0.05, 0) is 24.1 Å². The molecule has 2 aromatic rings. The standard InChI is InChI=1S/C15H14ClN3O2/c1-2-3-12-13(16)18-15(21)19(14(12)20)9-11-6-4-10(8-17)5-7-11/h4-7H,2-3,9H2,1H3,(H,18,21). The Labute approximate surface area is 126 Å². The Morgan fingerprint density at radius 2 is 1.95 bits per heavy atom. The lowest BCUT2D eigenvalue weighted by Gasteiger charge is -2.08. The van der Waals surface area contributed by atoms with Gasteiger partial charge in [-0.2, -0.15) is 5.26 Å². The van der Waals surface area contributed by atoms with Crippen LogP contribution in [0, 0.1) is 11.3 Å². The van der Waals surface area contributed by atoms with E-state index in [0.717, 1.165) is 16.6 Å². The average Bonchev–Trinajstić information content (AvgIpc) is 2.48. The number of nitrogens with zero attached hydrogens (tertiary/aromatic N) is 2. The van der Waals surface area contributed by atoms with E-state index in [1.165, 1.54) is 0 Å². The third-order valence-electron chi connectivity index (χ3n) is 3.15. The highest BCUT2D eigenvalue weighted by Crippen LogP contribution is 2.09. The molecule has 0 saturated heterocycles. The fourth-order valence-corrected chi connectivity index (χ4v) is 2.32. The van der Waals surface area contributed by atoms with Gasteiger partial charge in [0, 0.05) is 0 Å². The maximum atomic E-state index is 12.3. The third kappa shape index (κ3) is 3.23. The van der Waals surface area contributed by atoms with Crippen LogP contribution < -0.4 is 11.2 Å². The molecule has 0 unspecified atom stereocenters. The second-order valence-electron chi connectivity index (χ2n) is 4.67. The molecule has 1 heterocycles. The zero-order chi connectivity index (χ0) is 15.4. The van der Waals surface area contributed by atoms with Crippen LogP contribution in [-0.2, 0) is 13.0 Å². The predicted molar refractivity (Wildman–Crippen MR) is 80.6 cm³/mol. The normalized spacial score (nSPS) is 10.3. The molecule has 21 heavy (non-hydrogen) atoms. The van der Waals surface area contributed by atoms with Crippen LogP contribution in [0.25, 0.3) is 0 Å². The molecule has 108 valence electrons. The van der Waals surface area contributed by atoms with E-state index in [1.807, 2.05) is 13.0 Å². The third-order valence-corrected chi connectivity index (χ3v) is 3.48. The van der Waals surface area contributed by atoms with E-state index in [1.54, 1.807) is 24.3 Å². The molecule has 6 heteroatoms. The Balaban J connectivity index is 2.44. The summed E-state index contributed by atoms with van der Waals surface area (Å²) in [6.45, 7) is 2.08. The van der Waals surface area contributed by atoms with Crippen molar-refractivity contribution >= 4 is 11.6 Å². The van der Waals surface area contributed by atoms with Crippen LogP contribution in [0.2, 0.25) is 5.15 Å². The van der Waals surface area contributed by atoms with Crippen molar-refractivity contribution in [1.29, 1.82) is 5.26 Å². The summed E-state index contributed by atoms with van der Waals surface area (Å²) in [5.41, 5.74) is 0.825. The van der Waals surface area contributed by atoms with Crippen molar-refractivity contribution in [3.63, 3.8) is 0 Å². The molecule has 0 saturated carbocycles. The van der Waals surface area contributed by atoms with Gasteiger partial charge in [0.25, 0.3) is 5.56 Å². The van der Waals surface area contributed by atoms with Gasteiger partial charge in [0.2, 0.25) is 0 Å². The number of hydrogen-bond acceptors (Lipinski definition) is 3. The van der Waals surface area contributed by atoms with Crippen LogP contribution in [-0.4, -0.2) is 9.55 Å². The zero-order valence-corrected chi connectivity index (χ0v) is 12.3. The Morgan fingerprint density at radius 1 is 1.29 bits per heavy atom. The lowest BCUT2D eigenvalue weighted by atomic mass is 10.1. The Bertz CT molecular complexity index is 798. The van der Waals surface area contributed by atoms with Gasteiger partial charge in [-0.1, -0.05) is 37.1 Å². The van der Waals surface area contributed by atoms with Crippen LogP contribution in [0.1, 0.15) is 30.0 Å². The number of benzene rings is 1. The van der Waals surface area contributed by atoms with E-state index in [9.17, 15) is 9.59 Å². The fourth-order valence-electron chi connectivity index (χ4n) is 2.06. The van der Waals surface area contributed by atoms with Crippen LogP contribution in [0.3, 0.4) is 0 Å². The summed E-state index contributed by atoms with van der Waals surface area (Å²) in [6.07, 6.45) is 1.28. The number of nitrogens with one attached hydrogen (secondary N) is 1. The maximum Gasteiger partial charge on any atom is 0.329 e. The minimum atomic E-state index is -0.533. The van der Waals surface area contributed by atoms with Gasteiger partial charge in [-0.15, -0.1) is 0 Å². The van der Waals surface area contributed by atoms with Gasteiger partial charge >= 0.3 is 5.69 Å². The highest BCUT2D eigenvalue weighted by Gasteiger charge is 2.12. The second kappa shape index (κ2) is 6.42. The molecule has 0 radical (unpaired) electrons. The number of H-pyrrole nitrogens is 1. The fraction of sp³-hybridized carbons (Fsp3) is 0.267. The monoisotopic (exact) mass is 303 g/mol. The highest BCUT2D eigenvalue weighted by molar-refractivity contribution is 6.30. The highest BCUT2D eigenvalue weighted by atomic mass is 35.5. The molecular formula is C15H14ClN3O2. The molecule has 1 N–H and O–H groups in total. The molecule has 5 nitrogen and oxygen atoms in total. The summed E-state index contributed by atoms with van der Waals surface area (Å²) in [6, 6.07) is 8.76. The van der Waals surface area contributed by atoms with Crippen LogP contribution in [0.5, 0.6) is 0 Å². The number of hydrogen-bond donors (Lipinski definition) is 1. The Hall–Kier alpha value is -2.32. The molecule has 0 atom stereocenters. The largest absolute Gasteiger partial charge is 0.329 e. The van der Waals surface area contributed by atoms with Crippen molar-refractivity contribution < 1.29 is 0 Å². The number of nitriles is 1. The molecule has 0 aliphatic rings. The molecule has 0 aliphatic carbocycles. The summed E-state index contributed by atoms with van der Waals surface area (Å²) in [5.74, 6) is 0. The van der Waals surface area contributed by atoms with E-state index in [-0.39, 0.29) is 17.3 Å². The number of rotatable bonds is 4. The summed E-state index contributed by atoms with van der Waals surface area (Å²) in [5, 5.41) is 8.87. The van der Waals surface area contributed by atoms with Gasteiger partial charge in [0.1, 0.15) is 5.15 Å². The first-order chi connectivity index (χ1) is 10.1. The smallest absolute Gasteiger partial charge is 0.297 e. The minimum Gasteiger partial charge on any atom is -0.297 e. The molecule has 1 aromatic heterocycles. The first kappa shape index (κ1) is 15.1. The van der Waals surface area contributed by atoms with Crippen molar-refractivity contribution in [3.05, 3.63) is 66.9 Å². The van der Waals surface area contributed by atoms with Gasteiger partial charge < -0.3 is 0 Å². The SMILES string of the molecule is CCCc1c(Cl)[nH]c(=O)n(Cc2ccc(C#N)cc2)c1=O. The van der Waals surface area contributed by atoms with E-state index in [2.05, 4.69) is 4.98 Å². The maximum absolute atomic E-state index is 12.3. The number of aromatic amines is 1. The molecule has 0 bridgehead atoms. The average molecular weight is 304 g/mol. The van der Waals surface area contributed by atoms with Crippen molar-refractivity contribution in [3.8, 4) is 6.07 Å². The van der Waals surface area contributed by atoms with Gasteiger partial charge in [-0.3, -0.25) is 14.3 Å². The summed E-state index contributed by atoms with van der Waals surface area (Å²) in [4.78, 5) is 26.7. The first-order valence-electron chi connectivity index (χ1n) is 6.57. The lowest BCUT2D eigenvalue weighted by molar-refractivity contribution is 0.680. The van der Waals surface area contributed by atoms with E-state index in [4.69, 9.17) is 16.9 Å². The molecule has 1 aromatic carbocycles. The number of aromatic nitrogens is 2. The van der Waals surface area contributed by atoms with Crippen LogP contribution in [0.15, 0.2) is 33.9 Å². The molecule has 0 aliphatic heterocycles. The number of halogens is 1. The van der Waals surface area contributed by atoms with E-state index < -0.39 is 5.69 Å². The van der Waals surface area contributed by atoms with E-state index >= 15 is 0 Å². The van der Waals surface area contributed by atoms with Crippen molar-refractivity contribution in [2.45, 2.75) is 26.3 Å². The summed E-state index contributed by atoms with van der Waals surface area (Å²) >= 11 is 5.92. The van der Waals surface area contributed by atoms with Crippen molar-refractivity contribution in [1.82, 2.24) is 9.55 Å². The molecule has 0 spiro atoms. The van der Waals surface area contributed by atoms with Gasteiger partial charge in [0.05, 0.1) is 23.7 Å². The van der Waals surface area contributed by atoms with Crippen LogP contribution >= 0.6 is 11.6 Å². The molecule has 0 fully saturated rings. The first-order valence-corrected chi connectivity index (χ1v) is 6.95. The van der Waals surface area contributed by atoms with Gasteiger partial charge in [-0.25, -0.2) is 4.79 Å². The Morgan fingerprint density at radius 3 is 2.52 bits per heavy atom. The quantitative estimate of drug-likeness (QED) is 0.878. The predicted octanol–water partition coefficient (Wildman–Crippen LogP) is 2.06. The van der Waals surface area contributed by atoms with Crippen LogP contribution in [0.4, 0.5) is 0 Å². The second-order valence-corrected chi connectivity index (χ2v) is 5.05. The van der Waals surface area contributed by atoms with Gasteiger partial charge in [0.15, 0.2) is 0 Å². The zero-order valence-electron chi connectivity index (χ0n) is 11.5. The summed E-state index contributed by atoms with van der Waals surface area (Å²) in [7, 11) is 0. The molecule has 2 rings (SSSR count). The topological polar surface area (TPSA) is 78.7 Å². The summed E-state index contributed by atoms with van der Waals surface area (Å²) < 4.78 is 1.12. The van der Waals surface area contributed by atoms with E-state index in [0.29, 0.717) is 17.5 Å². The molecule has 0 amide bonds. The van der Waals surface area contributed by atoms with Crippen molar-refractivity contribution in [2.75, 3.05) is 0 Å².